The highest BCUT2D eigenvalue weighted by Crippen LogP contribution is 2.38. The minimum Gasteiger partial charge on any atom is -0.444 e. The first-order valence-electron chi connectivity index (χ1n) is 9.83. The van der Waals surface area contributed by atoms with Gasteiger partial charge in [-0.05, 0) is 68.2 Å². The molecule has 1 atom stereocenters. The van der Waals surface area contributed by atoms with Crippen LogP contribution in [-0.2, 0) is 18.2 Å². The number of ether oxygens (including phenoxy) is 1. The van der Waals surface area contributed by atoms with Gasteiger partial charge in [0, 0.05) is 16.8 Å². The van der Waals surface area contributed by atoms with E-state index in [0.29, 0.717) is 17.5 Å². The molecule has 8 nitrogen and oxygen atoms in total. The standard InChI is InChI=1S/C21H22ClFN6O2/c1-21(2,3)31-20(30)25-16-6-5-11-7-12(10-24-18(11)16)14-8-13(22)9-15(23)17(14)19-26-28-29(4)27-19/h7-10,16H,5-6H2,1-4H3,(H,25,30). The third kappa shape index (κ3) is 4.51. The zero-order valence-corrected chi connectivity index (χ0v) is 18.4. The summed E-state index contributed by atoms with van der Waals surface area (Å²) in [5.74, 6) is -0.378. The predicted molar refractivity (Wildman–Crippen MR) is 113 cm³/mol. The number of benzene rings is 1. The van der Waals surface area contributed by atoms with Crippen molar-refractivity contribution in [2.24, 2.45) is 7.05 Å². The van der Waals surface area contributed by atoms with Gasteiger partial charge in [0.25, 0.3) is 0 Å². The molecule has 1 aliphatic rings. The van der Waals surface area contributed by atoms with Crippen molar-refractivity contribution in [3.05, 3.63) is 46.5 Å². The number of halogens is 2. The molecular weight excluding hydrogens is 423 g/mol. The first kappa shape index (κ1) is 21.2. The molecule has 1 N–H and O–H groups in total. The molecule has 2 heterocycles. The van der Waals surface area contributed by atoms with Crippen molar-refractivity contribution < 1.29 is 13.9 Å². The molecule has 0 aliphatic heterocycles. The topological polar surface area (TPSA) is 94.8 Å². The number of rotatable bonds is 3. The van der Waals surface area contributed by atoms with Crippen LogP contribution in [0.4, 0.5) is 9.18 Å². The Bertz CT molecular complexity index is 1160. The Kier molecular flexibility index (Phi) is 5.38. The Morgan fingerprint density at radius 3 is 2.77 bits per heavy atom. The molecule has 1 amide bonds. The number of aryl methyl sites for hydroxylation is 2. The van der Waals surface area contributed by atoms with Crippen LogP contribution in [0.25, 0.3) is 22.5 Å². The van der Waals surface area contributed by atoms with Crippen LogP contribution >= 0.6 is 11.6 Å². The summed E-state index contributed by atoms with van der Waals surface area (Å²) in [4.78, 5) is 18.0. The fourth-order valence-electron chi connectivity index (χ4n) is 3.62. The number of alkyl carbamates (subject to hydrolysis) is 1. The second-order valence-electron chi connectivity index (χ2n) is 8.42. The normalized spacial score (nSPS) is 15.6. The quantitative estimate of drug-likeness (QED) is 0.649. The van der Waals surface area contributed by atoms with E-state index in [1.165, 1.54) is 10.9 Å². The van der Waals surface area contributed by atoms with Crippen LogP contribution in [0.15, 0.2) is 24.4 Å². The lowest BCUT2D eigenvalue weighted by Crippen LogP contribution is -2.34. The first-order valence-corrected chi connectivity index (χ1v) is 10.2. The first-order chi connectivity index (χ1) is 14.6. The van der Waals surface area contributed by atoms with E-state index in [-0.39, 0.29) is 22.5 Å². The number of pyridine rings is 1. The SMILES string of the molecule is Cn1nnc(-c2c(F)cc(Cl)cc2-c2cnc3c(c2)CCC3NC(=O)OC(C)(C)C)n1. The lowest BCUT2D eigenvalue weighted by molar-refractivity contribution is 0.0502. The molecule has 0 spiro atoms. The van der Waals surface area contributed by atoms with E-state index < -0.39 is 17.5 Å². The summed E-state index contributed by atoms with van der Waals surface area (Å²) in [5.41, 5.74) is 2.58. The van der Waals surface area contributed by atoms with Gasteiger partial charge in [-0.15, -0.1) is 10.2 Å². The zero-order chi connectivity index (χ0) is 22.3. The summed E-state index contributed by atoms with van der Waals surface area (Å²) in [6.45, 7) is 5.44. The van der Waals surface area contributed by atoms with Crippen LogP contribution in [0, 0.1) is 5.82 Å². The van der Waals surface area contributed by atoms with Gasteiger partial charge < -0.3 is 10.1 Å². The summed E-state index contributed by atoms with van der Waals surface area (Å²) in [5, 5.41) is 15.0. The Hall–Kier alpha value is -3.07. The second kappa shape index (κ2) is 7.88. The zero-order valence-electron chi connectivity index (χ0n) is 17.6. The highest BCUT2D eigenvalue weighted by atomic mass is 35.5. The summed E-state index contributed by atoms with van der Waals surface area (Å²) >= 11 is 6.13. The maximum absolute atomic E-state index is 14.8. The van der Waals surface area contributed by atoms with E-state index in [1.54, 1.807) is 19.3 Å². The molecule has 1 aromatic carbocycles. The van der Waals surface area contributed by atoms with Gasteiger partial charge in [-0.25, -0.2) is 9.18 Å². The lowest BCUT2D eigenvalue weighted by atomic mass is 9.98. The number of hydrogen-bond acceptors (Lipinski definition) is 6. The molecule has 10 heteroatoms. The van der Waals surface area contributed by atoms with Crippen molar-refractivity contribution >= 4 is 17.7 Å². The van der Waals surface area contributed by atoms with Crippen LogP contribution in [0.1, 0.15) is 44.5 Å². The van der Waals surface area contributed by atoms with Gasteiger partial charge in [0.05, 0.1) is 24.3 Å². The average molecular weight is 445 g/mol. The van der Waals surface area contributed by atoms with Gasteiger partial charge in [-0.1, -0.05) is 11.6 Å². The third-order valence-electron chi connectivity index (χ3n) is 4.82. The molecular formula is C21H22ClFN6O2. The molecule has 31 heavy (non-hydrogen) atoms. The van der Waals surface area contributed by atoms with Crippen molar-refractivity contribution in [1.29, 1.82) is 0 Å². The molecule has 0 radical (unpaired) electrons. The number of nitrogens with zero attached hydrogens (tertiary/aromatic N) is 5. The van der Waals surface area contributed by atoms with Crippen molar-refractivity contribution in [3.8, 4) is 22.5 Å². The van der Waals surface area contributed by atoms with Gasteiger partial charge in [0.15, 0.2) is 0 Å². The van der Waals surface area contributed by atoms with E-state index in [9.17, 15) is 9.18 Å². The van der Waals surface area contributed by atoms with Crippen LogP contribution in [-0.4, -0.2) is 36.9 Å². The number of carbonyl (C=O) groups is 1. The highest BCUT2D eigenvalue weighted by Gasteiger charge is 2.28. The van der Waals surface area contributed by atoms with Crippen molar-refractivity contribution in [2.75, 3.05) is 0 Å². The number of aromatic nitrogens is 5. The molecule has 3 aromatic rings. The summed E-state index contributed by atoms with van der Waals surface area (Å²) in [6.07, 6.45) is 2.58. The molecule has 0 saturated heterocycles. The van der Waals surface area contributed by atoms with Gasteiger partial charge >= 0.3 is 6.09 Å². The smallest absolute Gasteiger partial charge is 0.408 e. The highest BCUT2D eigenvalue weighted by molar-refractivity contribution is 6.31. The number of tetrazole rings is 1. The van der Waals surface area contributed by atoms with Crippen LogP contribution in [0.5, 0.6) is 0 Å². The summed E-state index contributed by atoms with van der Waals surface area (Å²) in [7, 11) is 1.61. The average Bonchev–Trinajstić information content (AvgIpc) is 3.25. The number of fused-ring (bicyclic) bond motifs is 1. The molecule has 4 rings (SSSR count). The molecule has 1 aliphatic carbocycles. The van der Waals surface area contributed by atoms with Crippen molar-refractivity contribution in [1.82, 2.24) is 30.5 Å². The summed E-state index contributed by atoms with van der Waals surface area (Å²) in [6, 6.07) is 4.57. The van der Waals surface area contributed by atoms with Crippen LogP contribution < -0.4 is 5.32 Å². The van der Waals surface area contributed by atoms with E-state index in [1.807, 2.05) is 26.8 Å². The lowest BCUT2D eigenvalue weighted by Gasteiger charge is -2.21. The Morgan fingerprint density at radius 1 is 1.32 bits per heavy atom. The number of amides is 1. The van der Waals surface area contributed by atoms with Gasteiger partial charge in [0.1, 0.15) is 11.4 Å². The number of nitrogens with one attached hydrogen (secondary N) is 1. The van der Waals surface area contributed by atoms with Crippen molar-refractivity contribution in [3.63, 3.8) is 0 Å². The minimum absolute atomic E-state index is 0.164. The van der Waals surface area contributed by atoms with Crippen molar-refractivity contribution in [2.45, 2.75) is 45.3 Å². The van der Waals surface area contributed by atoms with Gasteiger partial charge in [-0.2, -0.15) is 4.80 Å². The Labute approximate surface area is 183 Å². The Morgan fingerprint density at radius 2 is 2.10 bits per heavy atom. The largest absolute Gasteiger partial charge is 0.444 e. The predicted octanol–water partition coefficient (Wildman–Crippen LogP) is 4.24. The molecule has 0 saturated carbocycles. The monoisotopic (exact) mass is 444 g/mol. The Balaban J connectivity index is 1.67. The van der Waals surface area contributed by atoms with E-state index in [2.05, 4.69) is 25.7 Å². The van der Waals surface area contributed by atoms with Crippen LogP contribution in [0.3, 0.4) is 0 Å². The van der Waals surface area contributed by atoms with E-state index in [0.717, 1.165) is 17.7 Å². The van der Waals surface area contributed by atoms with E-state index >= 15 is 0 Å². The van der Waals surface area contributed by atoms with Gasteiger partial charge in [0.2, 0.25) is 5.82 Å². The minimum atomic E-state index is -0.579. The van der Waals surface area contributed by atoms with Gasteiger partial charge in [-0.3, -0.25) is 4.98 Å². The third-order valence-corrected chi connectivity index (χ3v) is 5.04. The second-order valence-corrected chi connectivity index (χ2v) is 8.85. The molecule has 0 bridgehead atoms. The fourth-order valence-corrected chi connectivity index (χ4v) is 3.83. The maximum atomic E-state index is 14.8. The van der Waals surface area contributed by atoms with Crippen LogP contribution in [0.2, 0.25) is 5.02 Å². The number of carbonyl (C=O) groups excluding carboxylic acids is 1. The number of hydrogen-bond donors (Lipinski definition) is 1. The fraction of sp³-hybridized carbons (Fsp3) is 0.381. The molecule has 2 aromatic heterocycles. The molecule has 0 fully saturated rings. The van der Waals surface area contributed by atoms with E-state index in [4.69, 9.17) is 16.3 Å². The summed E-state index contributed by atoms with van der Waals surface area (Å²) < 4.78 is 20.2. The molecule has 1 unspecified atom stereocenters. The maximum Gasteiger partial charge on any atom is 0.408 e. The molecule has 162 valence electrons.